The van der Waals surface area contributed by atoms with E-state index < -0.39 is 12.0 Å². The number of carbonyl (C=O) groups is 2. The van der Waals surface area contributed by atoms with Crippen molar-refractivity contribution in [1.82, 2.24) is 14.7 Å². The van der Waals surface area contributed by atoms with E-state index in [9.17, 15) is 19.5 Å². The number of aromatic nitrogens is 2. The fourth-order valence-electron chi connectivity index (χ4n) is 2.79. The molecule has 24 heavy (non-hydrogen) atoms. The van der Waals surface area contributed by atoms with Gasteiger partial charge in [-0.2, -0.15) is 5.10 Å². The largest absolute Gasteiger partial charge is 0.480 e. The molecule has 1 aromatic heterocycles. The maximum absolute atomic E-state index is 12.4. The van der Waals surface area contributed by atoms with Crippen molar-refractivity contribution in [3.8, 4) is 0 Å². The standard InChI is InChI=1S/C16H17N3O5/c20-14-9-17-19(12-4-2-1-3-11(12)14)6-5-15(21)18-7-8-24-10-13(18)16(22)23/h1-4,9,13H,5-8,10H2,(H,22,23)/t13-/m1/s1. The monoisotopic (exact) mass is 331 g/mol. The van der Waals surface area contributed by atoms with Crippen molar-refractivity contribution in [3.63, 3.8) is 0 Å². The second kappa shape index (κ2) is 6.79. The molecule has 0 spiro atoms. The van der Waals surface area contributed by atoms with Crippen LogP contribution in [-0.4, -0.2) is 57.5 Å². The summed E-state index contributed by atoms with van der Waals surface area (Å²) in [6.07, 6.45) is 1.32. The number of para-hydroxylation sites is 1. The summed E-state index contributed by atoms with van der Waals surface area (Å²) in [4.78, 5) is 36.8. The van der Waals surface area contributed by atoms with Crippen LogP contribution < -0.4 is 5.43 Å². The van der Waals surface area contributed by atoms with E-state index in [1.807, 2.05) is 0 Å². The molecule has 126 valence electrons. The molecule has 1 aliphatic rings. The Kier molecular flexibility index (Phi) is 4.57. The summed E-state index contributed by atoms with van der Waals surface area (Å²) >= 11 is 0. The summed E-state index contributed by atoms with van der Waals surface area (Å²) in [5.41, 5.74) is 0.474. The summed E-state index contributed by atoms with van der Waals surface area (Å²) in [5, 5.41) is 13.8. The fourth-order valence-corrected chi connectivity index (χ4v) is 2.79. The average Bonchev–Trinajstić information content (AvgIpc) is 2.61. The third kappa shape index (κ3) is 3.13. The molecule has 2 aromatic rings. The van der Waals surface area contributed by atoms with Crippen molar-refractivity contribution in [2.75, 3.05) is 19.8 Å². The van der Waals surface area contributed by atoms with Gasteiger partial charge >= 0.3 is 5.97 Å². The Labute approximate surface area is 137 Å². The summed E-state index contributed by atoms with van der Waals surface area (Å²) in [7, 11) is 0. The van der Waals surface area contributed by atoms with Gasteiger partial charge in [-0.05, 0) is 12.1 Å². The molecule has 3 rings (SSSR count). The number of nitrogens with zero attached hydrogens (tertiary/aromatic N) is 3. The Hall–Kier alpha value is -2.74. The van der Waals surface area contributed by atoms with E-state index in [-0.39, 0.29) is 37.5 Å². The summed E-state index contributed by atoms with van der Waals surface area (Å²) in [6.45, 7) is 0.854. The third-order valence-electron chi connectivity index (χ3n) is 4.03. The van der Waals surface area contributed by atoms with Gasteiger partial charge in [0, 0.05) is 18.4 Å². The average molecular weight is 331 g/mol. The molecule has 1 fully saturated rings. The Morgan fingerprint density at radius 2 is 2.12 bits per heavy atom. The van der Waals surface area contributed by atoms with E-state index in [0.717, 1.165) is 0 Å². The highest BCUT2D eigenvalue weighted by atomic mass is 16.5. The smallest absolute Gasteiger partial charge is 0.328 e. The third-order valence-corrected chi connectivity index (χ3v) is 4.03. The molecule has 8 nitrogen and oxygen atoms in total. The van der Waals surface area contributed by atoms with Crippen LogP contribution >= 0.6 is 0 Å². The SMILES string of the molecule is O=C(O)[C@H]1COCCN1C(=O)CCn1ncc(=O)c2ccccc21. The molecule has 1 N–H and O–H groups in total. The molecule has 0 radical (unpaired) electrons. The highest BCUT2D eigenvalue weighted by Gasteiger charge is 2.32. The van der Waals surface area contributed by atoms with Gasteiger partial charge in [0.05, 0.1) is 31.5 Å². The van der Waals surface area contributed by atoms with Crippen LogP contribution in [0.4, 0.5) is 0 Å². The van der Waals surface area contributed by atoms with Crippen LogP contribution in [0.1, 0.15) is 6.42 Å². The maximum atomic E-state index is 12.4. The zero-order valence-electron chi connectivity index (χ0n) is 12.9. The minimum atomic E-state index is -1.07. The quantitative estimate of drug-likeness (QED) is 0.852. The Bertz CT molecular complexity index is 832. The lowest BCUT2D eigenvalue weighted by Gasteiger charge is -2.33. The Morgan fingerprint density at radius 1 is 1.33 bits per heavy atom. The second-order valence-electron chi connectivity index (χ2n) is 5.52. The van der Waals surface area contributed by atoms with Gasteiger partial charge in [-0.1, -0.05) is 12.1 Å². The van der Waals surface area contributed by atoms with Crippen molar-refractivity contribution in [3.05, 3.63) is 40.7 Å². The minimum absolute atomic E-state index is 0.000273. The molecule has 1 aliphatic heterocycles. The lowest BCUT2D eigenvalue weighted by atomic mass is 10.2. The molecule has 1 amide bonds. The predicted octanol–water partition coefficient (Wildman–Crippen LogP) is 0.0986. The van der Waals surface area contributed by atoms with Crippen LogP contribution in [-0.2, 0) is 20.9 Å². The number of morpholine rings is 1. The van der Waals surface area contributed by atoms with Gasteiger partial charge in [0.25, 0.3) is 0 Å². The number of benzene rings is 1. The molecular weight excluding hydrogens is 314 g/mol. The van der Waals surface area contributed by atoms with Gasteiger partial charge in [-0.3, -0.25) is 14.3 Å². The predicted molar refractivity (Wildman–Crippen MR) is 84.6 cm³/mol. The van der Waals surface area contributed by atoms with Crippen LogP contribution in [0.3, 0.4) is 0 Å². The van der Waals surface area contributed by atoms with Gasteiger partial charge in [0.15, 0.2) is 6.04 Å². The second-order valence-corrected chi connectivity index (χ2v) is 5.52. The van der Waals surface area contributed by atoms with Crippen molar-refractivity contribution in [2.45, 2.75) is 19.0 Å². The van der Waals surface area contributed by atoms with Gasteiger partial charge in [-0.15, -0.1) is 0 Å². The first-order chi connectivity index (χ1) is 11.6. The molecule has 0 unspecified atom stereocenters. The van der Waals surface area contributed by atoms with Crippen LogP contribution in [0.5, 0.6) is 0 Å². The molecule has 8 heteroatoms. The van der Waals surface area contributed by atoms with Gasteiger partial charge in [0.1, 0.15) is 0 Å². The lowest BCUT2D eigenvalue weighted by molar-refractivity contribution is -0.158. The van der Waals surface area contributed by atoms with E-state index in [2.05, 4.69) is 5.10 Å². The molecule has 2 heterocycles. The fraction of sp³-hybridized carbons (Fsp3) is 0.375. The number of fused-ring (bicyclic) bond motifs is 1. The summed E-state index contributed by atoms with van der Waals surface area (Å²) in [5.74, 6) is -1.34. The molecule has 1 aromatic carbocycles. The number of hydrogen-bond donors (Lipinski definition) is 1. The highest BCUT2D eigenvalue weighted by Crippen LogP contribution is 2.12. The van der Waals surface area contributed by atoms with Gasteiger partial charge < -0.3 is 14.7 Å². The number of aliphatic carboxylic acids is 1. The van der Waals surface area contributed by atoms with E-state index >= 15 is 0 Å². The molecule has 1 saturated heterocycles. The first kappa shape index (κ1) is 16.1. The molecule has 0 aliphatic carbocycles. The van der Waals surface area contributed by atoms with E-state index in [1.54, 1.807) is 28.9 Å². The van der Waals surface area contributed by atoms with Crippen LogP contribution in [0.15, 0.2) is 35.3 Å². The molecular formula is C16H17N3O5. The van der Waals surface area contributed by atoms with Gasteiger partial charge in [0.2, 0.25) is 11.3 Å². The van der Waals surface area contributed by atoms with Crippen molar-refractivity contribution in [1.29, 1.82) is 0 Å². The number of carboxylic acids is 1. The number of carboxylic acid groups (broad SMARTS) is 1. The highest BCUT2D eigenvalue weighted by molar-refractivity contribution is 5.84. The zero-order valence-corrected chi connectivity index (χ0v) is 12.9. The topological polar surface area (TPSA) is 102 Å². The zero-order chi connectivity index (χ0) is 17.1. The first-order valence-corrected chi connectivity index (χ1v) is 7.63. The van der Waals surface area contributed by atoms with E-state index in [0.29, 0.717) is 17.5 Å². The van der Waals surface area contributed by atoms with Crippen LogP contribution in [0.2, 0.25) is 0 Å². The number of rotatable bonds is 4. The van der Waals surface area contributed by atoms with Crippen LogP contribution in [0, 0.1) is 0 Å². The van der Waals surface area contributed by atoms with Crippen molar-refractivity contribution < 1.29 is 19.4 Å². The number of aryl methyl sites for hydroxylation is 1. The maximum Gasteiger partial charge on any atom is 0.328 e. The lowest BCUT2D eigenvalue weighted by Crippen LogP contribution is -2.52. The number of carbonyl (C=O) groups excluding carboxylic acids is 1. The van der Waals surface area contributed by atoms with E-state index in [4.69, 9.17) is 4.74 Å². The Balaban J connectivity index is 1.76. The summed E-state index contributed by atoms with van der Waals surface area (Å²) < 4.78 is 6.72. The van der Waals surface area contributed by atoms with Crippen molar-refractivity contribution >= 4 is 22.8 Å². The minimum Gasteiger partial charge on any atom is -0.480 e. The Morgan fingerprint density at radius 3 is 2.92 bits per heavy atom. The number of ether oxygens (including phenoxy) is 1. The molecule has 0 saturated carbocycles. The number of hydrogen-bond acceptors (Lipinski definition) is 5. The van der Waals surface area contributed by atoms with Gasteiger partial charge in [-0.25, -0.2) is 4.79 Å². The molecule has 1 atom stereocenters. The normalized spacial score (nSPS) is 17.8. The first-order valence-electron chi connectivity index (χ1n) is 7.63. The van der Waals surface area contributed by atoms with Crippen molar-refractivity contribution in [2.24, 2.45) is 0 Å². The van der Waals surface area contributed by atoms with E-state index in [1.165, 1.54) is 11.1 Å². The summed E-state index contributed by atoms with van der Waals surface area (Å²) in [6, 6.07) is 6.09. The molecule has 0 bridgehead atoms. The van der Waals surface area contributed by atoms with Crippen LogP contribution in [0.25, 0.3) is 10.9 Å². The number of amides is 1.